The van der Waals surface area contributed by atoms with Crippen LogP contribution in [0.1, 0.15) is 6.42 Å². The Kier molecular flexibility index (Phi) is 2.60. The average molecular weight is 334 g/mol. The summed E-state index contributed by atoms with van der Waals surface area (Å²) in [6, 6.07) is 0. The summed E-state index contributed by atoms with van der Waals surface area (Å²) in [6.45, 7) is 0. The molecule has 2 aromatic rings. The molecule has 8 heteroatoms. The number of aromatic amines is 1. The van der Waals surface area contributed by atoms with Crippen LogP contribution in [0.5, 0.6) is 0 Å². The number of aromatic nitrogens is 2. The number of H-pyrrole nitrogens is 1. The Labute approximate surface area is 113 Å². The first kappa shape index (κ1) is 12.5. The third-order valence-corrected chi connectivity index (χ3v) is 3.55. The second-order valence-corrected chi connectivity index (χ2v) is 5.21. The van der Waals surface area contributed by atoms with Gasteiger partial charge in [-0.15, -0.1) is 0 Å². The number of halogens is 4. The zero-order valence-corrected chi connectivity index (χ0v) is 10.9. The Morgan fingerprint density at radius 1 is 1.58 bits per heavy atom. The molecule has 1 saturated carbocycles. The van der Waals surface area contributed by atoms with Gasteiger partial charge in [0.05, 0.1) is 15.5 Å². The second-order valence-electron chi connectivity index (χ2n) is 4.35. The van der Waals surface area contributed by atoms with Gasteiger partial charge in [0.15, 0.2) is 5.82 Å². The molecular weight excluding hydrogens is 327 g/mol. The Morgan fingerprint density at radius 2 is 2.26 bits per heavy atom. The Bertz CT molecular complexity index is 685. The van der Waals surface area contributed by atoms with E-state index >= 15 is 0 Å². The maximum atomic E-state index is 13.9. The van der Waals surface area contributed by atoms with E-state index in [-0.39, 0.29) is 21.2 Å². The van der Waals surface area contributed by atoms with Gasteiger partial charge in [-0.2, -0.15) is 0 Å². The summed E-state index contributed by atoms with van der Waals surface area (Å²) in [5.41, 5.74) is 0.340. The number of fused-ring (bicyclic) bond motifs is 1. The van der Waals surface area contributed by atoms with Crippen LogP contribution in [0.4, 0.5) is 18.9 Å². The molecule has 1 unspecified atom stereocenters. The zero-order valence-electron chi connectivity index (χ0n) is 9.31. The smallest absolute Gasteiger partial charge is 0.260 e. The van der Waals surface area contributed by atoms with Gasteiger partial charge in [0, 0.05) is 18.8 Å². The summed E-state index contributed by atoms with van der Waals surface area (Å²) in [5.74, 6) is -5.71. The first-order chi connectivity index (χ1) is 8.90. The van der Waals surface area contributed by atoms with Crippen LogP contribution in [-0.2, 0) is 4.79 Å². The van der Waals surface area contributed by atoms with Gasteiger partial charge in [0.1, 0.15) is 11.6 Å². The number of pyridine rings is 1. The standard InChI is InChI=1S/C11H7BrF3N3O/c12-5-2-16-9-7(8(5)13)6(3-17-9)18-10(19)4-1-11(4,14)15/h2-4H,1H2,(H,16,17)(H,18,19). The number of anilines is 1. The molecule has 100 valence electrons. The van der Waals surface area contributed by atoms with Crippen molar-refractivity contribution in [1.29, 1.82) is 0 Å². The SMILES string of the molecule is O=C(Nc1c[nH]c2ncc(Br)c(F)c12)C1CC1(F)F. The molecule has 2 heterocycles. The highest BCUT2D eigenvalue weighted by molar-refractivity contribution is 9.10. The minimum atomic E-state index is -2.95. The average Bonchev–Trinajstić information content (AvgIpc) is 2.81. The molecule has 0 aromatic carbocycles. The number of nitrogens with one attached hydrogen (secondary N) is 2. The van der Waals surface area contributed by atoms with Crippen LogP contribution < -0.4 is 5.32 Å². The van der Waals surface area contributed by atoms with E-state index in [0.717, 1.165) is 0 Å². The molecule has 0 spiro atoms. The van der Waals surface area contributed by atoms with E-state index in [2.05, 4.69) is 31.2 Å². The van der Waals surface area contributed by atoms with Crippen LogP contribution >= 0.6 is 15.9 Å². The predicted octanol–water partition coefficient (Wildman–Crippen LogP) is 3.06. The molecule has 0 bridgehead atoms. The number of hydrogen-bond donors (Lipinski definition) is 2. The molecule has 1 fully saturated rings. The number of amides is 1. The quantitative estimate of drug-likeness (QED) is 0.887. The summed E-state index contributed by atoms with van der Waals surface area (Å²) >= 11 is 2.98. The highest BCUT2D eigenvalue weighted by atomic mass is 79.9. The van der Waals surface area contributed by atoms with Gasteiger partial charge in [0.2, 0.25) is 5.91 Å². The van der Waals surface area contributed by atoms with Crippen molar-refractivity contribution in [3.05, 3.63) is 22.7 Å². The number of hydrogen-bond acceptors (Lipinski definition) is 2. The highest BCUT2D eigenvalue weighted by Crippen LogP contribution is 2.49. The Balaban J connectivity index is 1.94. The maximum absolute atomic E-state index is 13.9. The molecule has 19 heavy (non-hydrogen) atoms. The van der Waals surface area contributed by atoms with E-state index in [1.165, 1.54) is 12.4 Å². The molecule has 1 aliphatic rings. The van der Waals surface area contributed by atoms with Crippen LogP contribution in [0.25, 0.3) is 11.0 Å². The van der Waals surface area contributed by atoms with Gasteiger partial charge in [-0.25, -0.2) is 18.2 Å². The van der Waals surface area contributed by atoms with Crippen LogP contribution in [0.3, 0.4) is 0 Å². The third kappa shape index (κ3) is 1.99. The minimum absolute atomic E-state index is 0.0618. The van der Waals surface area contributed by atoms with Crippen LogP contribution in [0.15, 0.2) is 16.9 Å². The number of alkyl halides is 2. The Hall–Kier alpha value is -1.57. The van der Waals surface area contributed by atoms with Crippen molar-refractivity contribution in [2.24, 2.45) is 5.92 Å². The van der Waals surface area contributed by atoms with Crippen LogP contribution in [0.2, 0.25) is 0 Å². The zero-order chi connectivity index (χ0) is 13.8. The fraction of sp³-hybridized carbons (Fsp3) is 0.273. The molecule has 1 aliphatic carbocycles. The van der Waals surface area contributed by atoms with Crippen molar-refractivity contribution >= 4 is 38.6 Å². The van der Waals surface area contributed by atoms with E-state index < -0.39 is 30.0 Å². The van der Waals surface area contributed by atoms with Crippen molar-refractivity contribution in [2.75, 3.05) is 5.32 Å². The van der Waals surface area contributed by atoms with E-state index in [4.69, 9.17) is 0 Å². The summed E-state index contributed by atoms with van der Waals surface area (Å²) in [5, 5.41) is 2.36. The lowest BCUT2D eigenvalue weighted by Crippen LogP contribution is -2.17. The summed E-state index contributed by atoms with van der Waals surface area (Å²) in [4.78, 5) is 18.2. The van der Waals surface area contributed by atoms with Crippen molar-refractivity contribution in [3.63, 3.8) is 0 Å². The molecule has 3 rings (SSSR count). The number of carbonyl (C=O) groups is 1. The van der Waals surface area contributed by atoms with E-state index in [0.29, 0.717) is 0 Å². The molecule has 0 radical (unpaired) electrons. The molecule has 2 N–H and O–H groups in total. The van der Waals surface area contributed by atoms with Crippen molar-refractivity contribution in [2.45, 2.75) is 12.3 Å². The second kappa shape index (κ2) is 3.96. The van der Waals surface area contributed by atoms with Gasteiger partial charge < -0.3 is 10.3 Å². The monoisotopic (exact) mass is 333 g/mol. The lowest BCUT2D eigenvalue weighted by molar-refractivity contribution is -0.119. The summed E-state index contributed by atoms with van der Waals surface area (Å²) < 4.78 is 39.6. The molecule has 0 aliphatic heterocycles. The van der Waals surface area contributed by atoms with Gasteiger partial charge in [-0.1, -0.05) is 0 Å². The molecule has 0 saturated heterocycles. The fourth-order valence-electron chi connectivity index (χ4n) is 1.85. The third-order valence-electron chi connectivity index (χ3n) is 3.00. The summed E-state index contributed by atoms with van der Waals surface area (Å²) in [7, 11) is 0. The minimum Gasteiger partial charge on any atom is -0.344 e. The maximum Gasteiger partial charge on any atom is 0.260 e. The van der Waals surface area contributed by atoms with Gasteiger partial charge in [0.25, 0.3) is 5.92 Å². The number of rotatable bonds is 2. The lowest BCUT2D eigenvalue weighted by Gasteiger charge is -2.03. The largest absolute Gasteiger partial charge is 0.344 e. The van der Waals surface area contributed by atoms with E-state index in [9.17, 15) is 18.0 Å². The van der Waals surface area contributed by atoms with Crippen molar-refractivity contribution in [1.82, 2.24) is 9.97 Å². The first-order valence-electron chi connectivity index (χ1n) is 5.40. The summed E-state index contributed by atoms with van der Waals surface area (Å²) in [6.07, 6.45) is 2.13. The fourth-order valence-corrected chi connectivity index (χ4v) is 2.15. The topological polar surface area (TPSA) is 57.8 Å². The first-order valence-corrected chi connectivity index (χ1v) is 6.19. The number of nitrogens with zero attached hydrogens (tertiary/aromatic N) is 1. The van der Waals surface area contributed by atoms with Crippen molar-refractivity contribution in [3.8, 4) is 0 Å². The van der Waals surface area contributed by atoms with E-state index in [1.807, 2.05) is 0 Å². The molecule has 2 aromatic heterocycles. The molecule has 4 nitrogen and oxygen atoms in total. The highest BCUT2D eigenvalue weighted by Gasteiger charge is 2.61. The predicted molar refractivity (Wildman–Crippen MR) is 65.4 cm³/mol. The van der Waals surface area contributed by atoms with Gasteiger partial charge in [-0.3, -0.25) is 4.79 Å². The number of carbonyl (C=O) groups excluding carboxylic acids is 1. The van der Waals surface area contributed by atoms with Crippen LogP contribution in [-0.4, -0.2) is 21.8 Å². The molecular formula is C11H7BrF3N3O. The molecule has 1 amide bonds. The van der Waals surface area contributed by atoms with E-state index in [1.54, 1.807) is 0 Å². The normalized spacial score (nSPS) is 20.5. The van der Waals surface area contributed by atoms with Gasteiger partial charge in [-0.05, 0) is 15.9 Å². The molecule has 1 atom stereocenters. The van der Waals surface area contributed by atoms with Crippen LogP contribution in [0, 0.1) is 11.7 Å². The Morgan fingerprint density at radius 3 is 2.89 bits per heavy atom. The lowest BCUT2D eigenvalue weighted by atomic mass is 10.2. The van der Waals surface area contributed by atoms with Crippen molar-refractivity contribution < 1.29 is 18.0 Å². The van der Waals surface area contributed by atoms with Gasteiger partial charge >= 0.3 is 0 Å².